The van der Waals surface area contributed by atoms with Gasteiger partial charge in [-0.15, -0.1) is 0 Å². The first kappa shape index (κ1) is 12.8. The molecule has 0 aliphatic carbocycles. The Morgan fingerprint density at radius 3 is 2.50 bits per heavy atom. The van der Waals surface area contributed by atoms with Gasteiger partial charge in [-0.05, 0) is 52.2 Å². The zero-order valence-corrected chi connectivity index (χ0v) is 11.5. The van der Waals surface area contributed by atoms with Crippen molar-refractivity contribution in [3.05, 3.63) is 52.0 Å². The summed E-state index contributed by atoms with van der Waals surface area (Å²) in [6.07, 6.45) is 0. The summed E-state index contributed by atoms with van der Waals surface area (Å²) < 4.78 is 0.675. The van der Waals surface area contributed by atoms with E-state index in [4.69, 9.17) is 0 Å². The topological polar surface area (TPSA) is 52.5 Å². The maximum atomic E-state index is 9.60. The summed E-state index contributed by atoms with van der Waals surface area (Å²) in [5.74, 6) is 0.513. The minimum atomic E-state index is 0.228. The fraction of sp³-hybridized carbons (Fsp3) is 0.143. The summed E-state index contributed by atoms with van der Waals surface area (Å²) in [5, 5.41) is 22.2. The van der Waals surface area contributed by atoms with E-state index in [1.165, 1.54) is 0 Å². The van der Waals surface area contributed by atoms with Crippen LogP contribution in [-0.4, -0.2) is 10.2 Å². The van der Waals surface area contributed by atoms with E-state index in [0.29, 0.717) is 11.0 Å². The van der Waals surface area contributed by atoms with Crippen LogP contribution in [0.3, 0.4) is 0 Å². The van der Waals surface area contributed by atoms with Crippen LogP contribution in [0.2, 0.25) is 0 Å². The van der Waals surface area contributed by atoms with Gasteiger partial charge in [0.25, 0.3) is 0 Å². The zero-order valence-electron chi connectivity index (χ0n) is 9.94. The van der Waals surface area contributed by atoms with E-state index in [9.17, 15) is 10.2 Å². The molecule has 0 spiro atoms. The lowest BCUT2D eigenvalue weighted by Gasteiger charge is -2.09. The first-order valence-corrected chi connectivity index (χ1v) is 6.36. The second-order valence-electron chi connectivity index (χ2n) is 4.14. The van der Waals surface area contributed by atoms with Crippen molar-refractivity contribution >= 4 is 21.6 Å². The highest BCUT2D eigenvalue weighted by molar-refractivity contribution is 9.10. The third-order valence-electron chi connectivity index (χ3n) is 2.72. The lowest BCUT2D eigenvalue weighted by Crippen LogP contribution is -1.99. The summed E-state index contributed by atoms with van der Waals surface area (Å²) in [7, 11) is 0. The molecule has 2 aromatic rings. The summed E-state index contributed by atoms with van der Waals surface area (Å²) in [4.78, 5) is 0. The van der Waals surface area contributed by atoms with E-state index in [2.05, 4.69) is 21.2 Å². The summed E-state index contributed by atoms with van der Waals surface area (Å²) in [6.45, 7) is 2.48. The average Bonchev–Trinajstić information content (AvgIpc) is 2.35. The van der Waals surface area contributed by atoms with Crippen LogP contribution < -0.4 is 5.32 Å². The number of halogens is 1. The van der Waals surface area contributed by atoms with Crippen molar-refractivity contribution in [1.29, 1.82) is 0 Å². The molecule has 18 heavy (non-hydrogen) atoms. The second kappa shape index (κ2) is 5.31. The van der Waals surface area contributed by atoms with Gasteiger partial charge in [-0.1, -0.05) is 12.1 Å². The molecule has 0 atom stereocenters. The van der Waals surface area contributed by atoms with Gasteiger partial charge in [0.2, 0.25) is 0 Å². The van der Waals surface area contributed by atoms with Gasteiger partial charge in [-0.25, -0.2) is 0 Å². The predicted octanol–water partition coefficient (Wildman–Crippen LogP) is 3.78. The molecule has 3 N–H and O–H groups in total. The Labute approximate surface area is 114 Å². The van der Waals surface area contributed by atoms with Gasteiger partial charge >= 0.3 is 0 Å². The highest BCUT2D eigenvalue weighted by Crippen LogP contribution is 2.25. The van der Waals surface area contributed by atoms with Crippen molar-refractivity contribution in [2.75, 3.05) is 5.32 Å². The number of aryl methyl sites for hydroxylation is 1. The number of phenols is 2. The van der Waals surface area contributed by atoms with E-state index in [1.54, 1.807) is 12.1 Å². The van der Waals surface area contributed by atoms with Crippen molar-refractivity contribution in [1.82, 2.24) is 0 Å². The normalized spacial score (nSPS) is 10.3. The first-order chi connectivity index (χ1) is 8.56. The molecule has 0 heterocycles. The van der Waals surface area contributed by atoms with E-state index >= 15 is 0 Å². The number of benzene rings is 2. The Morgan fingerprint density at radius 1 is 1.06 bits per heavy atom. The molecular formula is C14H14BrNO2. The number of hydrogen-bond acceptors (Lipinski definition) is 3. The van der Waals surface area contributed by atoms with Crippen LogP contribution in [0, 0.1) is 6.92 Å². The highest BCUT2D eigenvalue weighted by Gasteiger charge is 2.01. The molecule has 0 bridgehead atoms. The van der Waals surface area contributed by atoms with Gasteiger partial charge in [0.1, 0.15) is 11.5 Å². The van der Waals surface area contributed by atoms with Crippen LogP contribution in [0.15, 0.2) is 40.9 Å². The van der Waals surface area contributed by atoms with Gasteiger partial charge in [0.05, 0.1) is 4.47 Å². The molecule has 0 saturated carbocycles. The van der Waals surface area contributed by atoms with E-state index < -0.39 is 0 Å². The maximum absolute atomic E-state index is 9.60. The number of phenolic OH excluding ortho intramolecular Hbond substituents is 2. The molecule has 4 heteroatoms. The van der Waals surface area contributed by atoms with E-state index in [0.717, 1.165) is 16.8 Å². The lowest BCUT2D eigenvalue weighted by atomic mass is 10.2. The third-order valence-corrected chi connectivity index (χ3v) is 3.35. The van der Waals surface area contributed by atoms with Crippen LogP contribution in [0.1, 0.15) is 11.1 Å². The van der Waals surface area contributed by atoms with Crippen molar-refractivity contribution in [3.8, 4) is 11.5 Å². The SMILES string of the molecule is Cc1ccc(NCc2ccc(O)c(Br)c2)cc1O. The molecule has 0 amide bonds. The Kier molecular flexibility index (Phi) is 3.77. The Balaban J connectivity index is 2.06. The zero-order chi connectivity index (χ0) is 13.1. The van der Waals surface area contributed by atoms with Gasteiger partial charge < -0.3 is 15.5 Å². The smallest absolute Gasteiger partial charge is 0.129 e. The number of nitrogens with one attached hydrogen (secondary N) is 1. The molecule has 0 unspecified atom stereocenters. The van der Waals surface area contributed by atoms with Gasteiger partial charge in [0, 0.05) is 18.3 Å². The number of anilines is 1. The summed E-state index contributed by atoms with van der Waals surface area (Å²) in [5.41, 5.74) is 2.76. The lowest BCUT2D eigenvalue weighted by molar-refractivity contribution is 0.471. The van der Waals surface area contributed by atoms with E-state index in [1.807, 2.05) is 31.2 Å². The Bertz CT molecular complexity index is 518. The number of hydrogen-bond donors (Lipinski definition) is 3. The van der Waals surface area contributed by atoms with Crippen LogP contribution in [-0.2, 0) is 6.54 Å². The van der Waals surface area contributed by atoms with Gasteiger partial charge in [0.15, 0.2) is 0 Å². The van der Waals surface area contributed by atoms with E-state index in [-0.39, 0.29) is 11.5 Å². The first-order valence-electron chi connectivity index (χ1n) is 5.57. The fourth-order valence-corrected chi connectivity index (χ4v) is 2.01. The van der Waals surface area contributed by atoms with Crippen molar-refractivity contribution in [3.63, 3.8) is 0 Å². The van der Waals surface area contributed by atoms with Crippen LogP contribution in [0.25, 0.3) is 0 Å². The molecule has 0 fully saturated rings. The quantitative estimate of drug-likeness (QED) is 0.809. The standard InChI is InChI=1S/C14H14BrNO2/c1-9-2-4-11(7-14(9)18)16-8-10-3-5-13(17)12(15)6-10/h2-7,16-18H,8H2,1H3. The molecule has 0 aromatic heterocycles. The average molecular weight is 308 g/mol. The predicted molar refractivity (Wildman–Crippen MR) is 76.0 cm³/mol. The van der Waals surface area contributed by atoms with Crippen LogP contribution in [0.4, 0.5) is 5.69 Å². The largest absolute Gasteiger partial charge is 0.508 e. The maximum Gasteiger partial charge on any atom is 0.129 e. The molecule has 94 valence electrons. The van der Waals surface area contributed by atoms with Crippen molar-refractivity contribution in [2.45, 2.75) is 13.5 Å². The molecule has 2 rings (SSSR count). The van der Waals surface area contributed by atoms with Gasteiger partial charge in [-0.2, -0.15) is 0 Å². The second-order valence-corrected chi connectivity index (χ2v) is 4.99. The minimum absolute atomic E-state index is 0.228. The minimum Gasteiger partial charge on any atom is -0.508 e. The summed E-state index contributed by atoms with van der Waals surface area (Å²) >= 11 is 3.28. The highest BCUT2D eigenvalue weighted by atomic mass is 79.9. The summed E-state index contributed by atoms with van der Waals surface area (Å²) in [6, 6.07) is 10.8. The molecule has 3 nitrogen and oxygen atoms in total. The molecule has 0 aliphatic heterocycles. The van der Waals surface area contributed by atoms with Crippen LogP contribution in [0.5, 0.6) is 11.5 Å². The third kappa shape index (κ3) is 2.96. The van der Waals surface area contributed by atoms with Gasteiger partial charge in [-0.3, -0.25) is 0 Å². The molecule has 2 aromatic carbocycles. The Hall–Kier alpha value is -1.68. The fourth-order valence-electron chi connectivity index (χ4n) is 1.58. The molecule has 0 saturated heterocycles. The van der Waals surface area contributed by atoms with Crippen molar-refractivity contribution < 1.29 is 10.2 Å². The molecule has 0 aliphatic rings. The molecule has 0 radical (unpaired) electrons. The monoisotopic (exact) mass is 307 g/mol. The Morgan fingerprint density at radius 2 is 1.83 bits per heavy atom. The number of rotatable bonds is 3. The number of aromatic hydroxyl groups is 2. The molecular weight excluding hydrogens is 294 g/mol. The van der Waals surface area contributed by atoms with Crippen molar-refractivity contribution in [2.24, 2.45) is 0 Å². The van der Waals surface area contributed by atoms with Crippen LogP contribution >= 0.6 is 15.9 Å².